The fourth-order valence-corrected chi connectivity index (χ4v) is 0.649. The average Bonchev–Trinajstić information content (AvgIpc) is 1.63. The molecule has 0 aliphatic heterocycles. The molecule has 3 heteroatoms. The van der Waals surface area contributed by atoms with Crippen LogP contribution in [0.15, 0.2) is 0 Å². The van der Waals surface area contributed by atoms with Gasteiger partial charge in [-0.15, -0.1) is 0 Å². The highest BCUT2D eigenvalue weighted by Gasteiger charge is 1.97. The molecule has 0 heterocycles. The molecule has 0 aromatic rings. The van der Waals surface area contributed by atoms with Gasteiger partial charge in [-0.3, -0.25) is 0 Å². The Balaban J connectivity index is 2.91. The van der Waals surface area contributed by atoms with E-state index in [1.165, 1.54) is 0 Å². The van der Waals surface area contributed by atoms with E-state index >= 15 is 0 Å². The van der Waals surface area contributed by atoms with Gasteiger partial charge in [-0.05, 0) is 26.2 Å². The highest BCUT2D eigenvalue weighted by Crippen LogP contribution is 1.98. The minimum atomic E-state index is -0.663. The SMILES string of the molecule is C[C@@H](N)CCCC(N)O. The molecule has 0 aliphatic carbocycles. The lowest BCUT2D eigenvalue weighted by atomic mass is 10.1. The number of hydrogen-bond acceptors (Lipinski definition) is 3. The normalized spacial score (nSPS) is 17.3. The monoisotopic (exact) mass is 132 g/mol. The van der Waals surface area contributed by atoms with Crippen LogP contribution in [0.2, 0.25) is 0 Å². The molecular weight excluding hydrogens is 116 g/mol. The fourth-order valence-electron chi connectivity index (χ4n) is 0.649. The number of aliphatic hydroxyl groups is 1. The first-order chi connectivity index (χ1) is 4.13. The highest BCUT2D eigenvalue weighted by atomic mass is 16.3. The third kappa shape index (κ3) is 7.88. The molecule has 9 heavy (non-hydrogen) atoms. The molecule has 0 aromatic carbocycles. The molecule has 2 atom stereocenters. The van der Waals surface area contributed by atoms with Crippen LogP contribution in [-0.2, 0) is 0 Å². The Kier molecular flexibility index (Phi) is 4.67. The van der Waals surface area contributed by atoms with Crippen molar-refractivity contribution in [3.05, 3.63) is 0 Å². The number of aliphatic hydroxyl groups excluding tert-OH is 1. The van der Waals surface area contributed by atoms with Crippen molar-refractivity contribution in [3.63, 3.8) is 0 Å². The molecule has 0 spiro atoms. The van der Waals surface area contributed by atoms with E-state index in [9.17, 15) is 0 Å². The summed E-state index contributed by atoms with van der Waals surface area (Å²) in [6.07, 6.45) is 1.84. The van der Waals surface area contributed by atoms with Crippen LogP contribution < -0.4 is 11.5 Å². The van der Waals surface area contributed by atoms with Gasteiger partial charge in [0.05, 0.1) is 0 Å². The second-order valence-electron chi connectivity index (χ2n) is 2.48. The Labute approximate surface area is 56.0 Å². The first-order valence-electron chi connectivity index (χ1n) is 3.32. The van der Waals surface area contributed by atoms with Gasteiger partial charge in [0.1, 0.15) is 6.23 Å². The lowest BCUT2D eigenvalue weighted by molar-refractivity contribution is 0.168. The van der Waals surface area contributed by atoms with Gasteiger partial charge in [0.25, 0.3) is 0 Å². The molecule has 5 N–H and O–H groups in total. The Hall–Kier alpha value is -0.120. The maximum Gasteiger partial charge on any atom is 0.102 e. The predicted molar refractivity (Wildman–Crippen MR) is 37.7 cm³/mol. The third-order valence-electron chi connectivity index (χ3n) is 1.16. The molecule has 1 unspecified atom stereocenters. The van der Waals surface area contributed by atoms with E-state index in [4.69, 9.17) is 16.6 Å². The van der Waals surface area contributed by atoms with E-state index in [-0.39, 0.29) is 6.04 Å². The summed E-state index contributed by atoms with van der Waals surface area (Å²) in [6, 6.07) is 0.226. The van der Waals surface area contributed by atoms with Crippen LogP contribution in [0.5, 0.6) is 0 Å². The van der Waals surface area contributed by atoms with Gasteiger partial charge in [-0.1, -0.05) is 0 Å². The summed E-state index contributed by atoms with van der Waals surface area (Å²) in [7, 11) is 0. The Morgan fingerprint density at radius 2 is 1.89 bits per heavy atom. The standard InChI is InChI=1S/C6H16N2O/c1-5(7)3-2-4-6(8)9/h5-6,9H,2-4,7-8H2,1H3/t5-,6?/m1/s1. The minimum absolute atomic E-state index is 0.226. The zero-order chi connectivity index (χ0) is 7.28. The first-order valence-corrected chi connectivity index (χ1v) is 3.32. The maximum atomic E-state index is 8.60. The predicted octanol–water partition coefficient (Wildman–Crippen LogP) is -0.219. The lowest BCUT2D eigenvalue weighted by Crippen LogP contribution is -2.20. The van der Waals surface area contributed by atoms with Crippen molar-refractivity contribution in [2.24, 2.45) is 11.5 Å². The molecule has 0 aromatic heterocycles. The number of nitrogens with two attached hydrogens (primary N) is 2. The minimum Gasteiger partial charge on any atom is -0.379 e. The van der Waals surface area contributed by atoms with Gasteiger partial charge in [-0.2, -0.15) is 0 Å². The van der Waals surface area contributed by atoms with Gasteiger partial charge in [0.15, 0.2) is 0 Å². The fraction of sp³-hybridized carbons (Fsp3) is 1.00. The largest absolute Gasteiger partial charge is 0.379 e. The number of rotatable bonds is 4. The van der Waals surface area contributed by atoms with E-state index in [1.807, 2.05) is 6.92 Å². The van der Waals surface area contributed by atoms with Crippen LogP contribution in [0.25, 0.3) is 0 Å². The van der Waals surface area contributed by atoms with Crippen LogP contribution in [-0.4, -0.2) is 17.4 Å². The summed E-state index contributed by atoms with van der Waals surface area (Å²) in [4.78, 5) is 0. The van der Waals surface area contributed by atoms with Crippen LogP contribution in [0, 0.1) is 0 Å². The van der Waals surface area contributed by atoms with Crippen molar-refractivity contribution in [3.8, 4) is 0 Å². The van der Waals surface area contributed by atoms with Gasteiger partial charge in [0.2, 0.25) is 0 Å². The molecule has 56 valence electrons. The van der Waals surface area contributed by atoms with Gasteiger partial charge in [-0.25, -0.2) is 0 Å². The molecule has 0 rings (SSSR count). The van der Waals surface area contributed by atoms with Gasteiger partial charge >= 0.3 is 0 Å². The Morgan fingerprint density at radius 1 is 1.33 bits per heavy atom. The summed E-state index contributed by atoms with van der Waals surface area (Å²) in [6.45, 7) is 1.95. The van der Waals surface area contributed by atoms with Crippen LogP contribution in [0.1, 0.15) is 26.2 Å². The summed E-state index contributed by atoms with van der Waals surface area (Å²) in [5, 5.41) is 8.60. The zero-order valence-corrected chi connectivity index (χ0v) is 5.88. The molecule has 0 fully saturated rings. The van der Waals surface area contributed by atoms with Crippen LogP contribution in [0.3, 0.4) is 0 Å². The van der Waals surface area contributed by atoms with Crippen LogP contribution in [0.4, 0.5) is 0 Å². The molecule has 0 saturated heterocycles. The molecule has 0 radical (unpaired) electrons. The maximum absolute atomic E-state index is 8.60. The first kappa shape index (κ1) is 8.88. The van der Waals surface area contributed by atoms with Crippen molar-refractivity contribution in [2.45, 2.75) is 38.5 Å². The lowest BCUT2D eigenvalue weighted by Gasteiger charge is -2.05. The smallest absolute Gasteiger partial charge is 0.102 e. The van der Waals surface area contributed by atoms with E-state index < -0.39 is 6.23 Å². The van der Waals surface area contributed by atoms with Gasteiger partial charge in [0, 0.05) is 6.04 Å². The summed E-state index contributed by atoms with van der Waals surface area (Å²) in [5.74, 6) is 0. The second kappa shape index (κ2) is 4.73. The van der Waals surface area contributed by atoms with E-state index in [0.717, 1.165) is 12.8 Å². The summed E-state index contributed by atoms with van der Waals surface area (Å²) < 4.78 is 0. The molecular formula is C6H16N2O. The zero-order valence-electron chi connectivity index (χ0n) is 5.88. The molecule has 3 nitrogen and oxygen atoms in total. The van der Waals surface area contributed by atoms with Crippen molar-refractivity contribution in [1.82, 2.24) is 0 Å². The quantitative estimate of drug-likeness (QED) is 0.463. The second-order valence-corrected chi connectivity index (χ2v) is 2.48. The van der Waals surface area contributed by atoms with E-state index in [1.54, 1.807) is 0 Å². The Bertz CT molecular complexity index is 56.1. The van der Waals surface area contributed by atoms with Crippen molar-refractivity contribution < 1.29 is 5.11 Å². The molecule has 0 amide bonds. The van der Waals surface area contributed by atoms with E-state index in [0.29, 0.717) is 6.42 Å². The average molecular weight is 132 g/mol. The number of hydrogen-bond donors (Lipinski definition) is 3. The topological polar surface area (TPSA) is 72.3 Å². The van der Waals surface area contributed by atoms with E-state index in [2.05, 4.69) is 0 Å². The van der Waals surface area contributed by atoms with Gasteiger partial charge < -0.3 is 16.6 Å². The Morgan fingerprint density at radius 3 is 2.22 bits per heavy atom. The summed E-state index contributed by atoms with van der Waals surface area (Å²) in [5.41, 5.74) is 10.5. The van der Waals surface area contributed by atoms with Crippen LogP contribution >= 0.6 is 0 Å². The molecule has 0 bridgehead atoms. The highest BCUT2D eigenvalue weighted by molar-refractivity contribution is 4.54. The van der Waals surface area contributed by atoms with Crippen molar-refractivity contribution >= 4 is 0 Å². The van der Waals surface area contributed by atoms with Crippen molar-refractivity contribution in [1.29, 1.82) is 0 Å². The molecule has 0 saturated carbocycles. The third-order valence-corrected chi connectivity index (χ3v) is 1.16. The summed E-state index contributed by atoms with van der Waals surface area (Å²) >= 11 is 0. The van der Waals surface area contributed by atoms with Crippen molar-refractivity contribution in [2.75, 3.05) is 0 Å². The molecule has 0 aliphatic rings.